The number of carbonyl (C=O) groups excluding carboxylic acids is 1. The van der Waals surface area contributed by atoms with E-state index in [-0.39, 0.29) is 11.9 Å². The number of hydrogen-bond donors (Lipinski definition) is 1. The lowest BCUT2D eigenvalue weighted by atomic mass is 9.67. The van der Waals surface area contributed by atoms with Gasteiger partial charge in [-0.2, -0.15) is 0 Å². The van der Waals surface area contributed by atoms with E-state index >= 15 is 0 Å². The molecule has 0 aromatic heterocycles. The zero-order chi connectivity index (χ0) is 17.6. The second kappa shape index (κ2) is 8.32. The number of methoxy groups -OCH3 is 1. The summed E-state index contributed by atoms with van der Waals surface area (Å²) in [5.74, 6) is -1.34. The highest BCUT2D eigenvalue weighted by molar-refractivity contribution is 5.78. The third kappa shape index (κ3) is 4.37. The lowest BCUT2D eigenvalue weighted by molar-refractivity contribution is -0.157. The lowest BCUT2D eigenvalue weighted by Crippen LogP contribution is -2.39. The number of carboxylic acid groups (broad SMARTS) is 1. The first-order valence-corrected chi connectivity index (χ1v) is 8.90. The van der Waals surface area contributed by atoms with Crippen molar-refractivity contribution in [1.82, 2.24) is 0 Å². The Labute approximate surface area is 144 Å². The van der Waals surface area contributed by atoms with Gasteiger partial charge in [0.15, 0.2) is 0 Å². The number of rotatable bonds is 7. The van der Waals surface area contributed by atoms with Crippen molar-refractivity contribution in [3.05, 3.63) is 35.4 Å². The Hall–Kier alpha value is -1.84. The highest BCUT2D eigenvalue weighted by atomic mass is 16.5. The topological polar surface area (TPSA) is 63.6 Å². The van der Waals surface area contributed by atoms with Gasteiger partial charge in [0.2, 0.25) is 0 Å². The van der Waals surface area contributed by atoms with Crippen molar-refractivity contribution >= 4 is 11.9 Å². The molecule has 24 heavy (non-hydrogen) atoms. The molecular formula is C20H28O4. The van der Waals surface area contributed by atoms with Crippen molar-refractivity contribution in [3.63, 3.8) is 0 Å². The van der Waals surface area contributed by atoms with Gasteiger partial charge < -0.3 is 9.84 Å². The van der Waals surface area contributed by atoms with Crippen molar-refractivity contribution in [1.29, 1.82) is 0 Å². The standard InChI is InChI=1S/C20H28O4/c1-3-5-15-7-9-16(10-8-15)11-13-20(19(22)23)12-4-6-17(14-20)18(21)24-2/h7-10,17H,3-6,11-14H2,1-2H3,(H,22,23). The van der Waals surface area contributed by atoms with E-state index in [2.05, 4.69) is 31.2 Å². The highest BCUT2D eigenvalue weighted by Gasteiger charge is 2.44. The summed E-state index contributed by atoms with van der Waals surface area (Å²) in [4.78, 5) is 23.8. The van der Waals surface area contributed by atoms with Gasteiger partial charge in [-0.15, -0.1) is 0 Å². The van der Waals surface area contributed by atoms with Crippen LogP contribution < -0.4 is 0 Å². The first kappa shape index (κ1) is 18.5. The quantitative estimate of drug-likeness (QED) is 0.766. The number of hydrogen-bond acceptors (Lipinski definition) is 3. The maximum Gasteiger partial charge on any atom is 0.309 e. The van der Waals surface area contributed by atoms with Gasteiger partial charge in [0.05, 0.1) is 18.4 Å². The summed E-state index contributed by atoms with van der Waals surface area (Å²) < 4.78 is 4.83. The van der Waals surface area contributed by atoms with E-state index in [1.807, 2.05) is 0 Å². The molecule has 2 atom stereocenters. The fraction of sp³-hybridized carbons (Fsp3) is 0.600. The fourth-order valence-corrected chi connectivity index (χ4v) is 3.80. The van der Waals surface area contributed by atoms with Gasteiger partial charge in [0.25, 0.3) is 0 Å². The smallest absolute Gasteiger partial charge is 0.309 e. The van der Waals surface area contributed by atoms with Crippen LogP contribution in [-0.4, -0.2) is 24.2 Å². The van der Waals surface area contributed by atoms with Gasteiger partial charge in [0, 0.05) is 0 Å². The number of aryl methyl sites for hydroxylation is 2. The second-order valence-electron chi connectivity index (χ2n) is 6.97. The first-order valence-electron chi connectivity index (χ1n) is 8.90. The molecule has 0 radical (unpaired) electrons. The molecule has 132 valence electrons. The number of carbonyl (C=O) groups is 2. The summed E-state index contributed by atoms with van der Waals surface area (Å²) in [6, 6.07) is 8.46. The normalized spacial score (nSPS) is 23.7. The van der Waals surface area contributed by atoms with Crippen LogP contribution in [-0.2, 0) is 27.2 Å². The Morgan fingerprint density at radius 3 is 2.38 bits per heavy atom. The van der Waals surface area contributed by atoms with Crippen molar-refractivity contribution in [3.8, 4) is 0 Å². The lowest BCUT2D eigenvalue weighted by Gasteiger charge is -2.36. The van der Waals surface area contributed by atoms with E-state index < -0.39 is 11.4 Å². The Morgan fingerprint density at radius 2 is 1.83 bits per heavy atom. The van der Waals surface area contributed by atoms with Crippen molar-refractivity contribution in [2.24, 2.45) is 11.3 Å². The van der Waals surface area contributed by atoms with Gasteiger partial charge >= 0.3 is 11.9 Å². The minimum Gasteiger partial charge on any atom is -0.481 e. The van der Waals surface area contributed by atoms with Crippen molar-refractivity contribution in [2.75, 3.05) is 7.11 Å². The summed E-state index contributed by atoms with van der Waals surface area (Å²) in [6.07, 6.45) is 6.02. The summed E-state index contributed by atoms with van der Waals surface area (Å²) >= 11 is 0. The van der Waals surface area contributed by atoms with E-state index in [1.54, 1.807) is 0 Å². The molecule has 1 N–H and O–H groups in total. The molecule has 0 amide bonds. The molecule has 0 spiro atoms. The van der Waals surface area contributed by atoms with Crippen LogP contribution in [0.4, 0.5) is 0 Å². The molecule has 4 nitrogen and oxygen atoms in total. The van der Waals surface area contributed by atoms with Crippen LogP contribution in [0.3, 0.4) is 0 Å². The molecule has 2 unspecified atom stereocenters. The molecule has 1 aromatic carbocycles. The zero-order valence-electron chi connectivity index (χ0n) is 14.7. The van der Waals surface area contributed by atoms with Crippen molar-refractivity contribution < 1.29 is 19.4 Å². The van der Waals surface area contributed by atoms with Gasteiger partial charge in [-0.1, -0.05) is 44.0 Å². The number of aliphatic carboxylic acids is 1. The Balaban J connectivity index is 2.05. The largest absolute Gasteiger partial charge is 0.481 e. The predicted molar refractivity (Wildman–Crippen MR) is 92.8 cm³/mol. The molecule has 0 bridgehead atoms. The van der Waals surface area contributed by atoms with E-state index in [9.17, 15) is 14.7 Å². The van der Waals surface area contributed by atoms with Gasteiger partial charge in [-0.05, 0) is 49.7 Å². The van der Waals surface area contributed by atoms with Crippen LogP contribution in [0.15, 0.2) is 24.3 Å². The average molecular weight is 332 g/mol. The van der Waals surface area contributed by atoms with Gasteiger partial charge in [0.1, 0.15) is 0 Å². The summed E-state index contributed by atoms with van der Waals surface area (Å²) in [5.41, 5.74) is 1.67. The Bertz CT molecular complexity index is 564. The second-order valence-corrected chi connectivity index (χ2v) is 6.97. The molecule has 1 aliphatic rings. The molecule has 0 heterocycles. The van der Waals surface area contributed by atoms with Crippen LogP contribution in [0.2, 0.25) is 0 Å². The molecule has 0 aliphatic heterocycles. The summed E-state index contributed by atoms with van der Waals surface area (Å²) in [7, 11) is 1.37. The summed E-state index contributed by atoms with van der Waals surface area (Å²) in [6.45, 7) is 2.16. The van der Waals surface area contributed by atoms with E-state index in [4.69, 9.17) is 4.74 Å². The zero-order valence-corrected chi connectivity index (χ0v) is 14.7. The fourth-order valence-electron chi connectivity index (χ4n) is 3.80. The van der Waals surface area contributed by atoms with Crippen LogP contribution in [0.25, 0.3) is 0 Å². The third-order valence-electron chi connectivity index (χ3n) is 5.29. The number of esters is 1. The number of benzene rings is 1. The van der Waals surface area contributed by atoms with Crippen LogP contribution in [0, 0.1) is 11.3 Å². The molecule has 1 aromatic rings. The number of carboxylic acids is 1. The van der Waals surface area contributed by atoms with E-state index in [0.717, 1.165) is 37.7 Å². The van der Waals surface area contributed by atoms with E-state index in [0.29, 0.717) is 19.3 Å². The molecule has 0 saturated heterocycles. The van der Waals surface area contributed by atoms with Gasteiger partial charge in [-0.3, -0.25) is 9.59 Å². The maximum absolute atomic E-state index is 11.9. The maximum atomic E-state index is 11.9. The summed E-state index contributed by atoms with van der Waals surface area (Å²) in [5, 5.41) is 9.80. The average Bonchev–Trinajstić information content (AvgIpc) is 2.60. The number of ether oxygens (including phenoxy) is 1. The monoisotopic (exact) mass is 332 g/mol. The van der Waals surface area contributed by atoms with Gasteiger partial charge in [-0.25, -0.2) is 0 Å². The first-order chi connectivity index (χ1) is 11.5. The molecular weight excluding hydrogens is 304 g/mol. The SMILES string of the molecule is CCCc1ccc(CCC2(C(=O)O)CCCC(C(=O)OC)C2)cc1. The molecule has 1 saturated carbocycles. The minimum atomic E-state index is -0.806. The van der Waals surface area contributed by atoms with Crippen LogP contribution >= 0.6 is 0 Å². The van der Waals surface area contributed by atoms with E-state index in [1.165, 1.54) is 12.7 Å². The Kier molecular flexibility index (Phi) is 6.41. The molecule has 4 heteroatoms. The third-order valence-corrected chi connectivity index (χ3v) is 5.29. The van der Waals surface area contributed by atoms with Crippen molar-refractivity contribution in [2.45, 2.75) is 58.3 Å². The molecule has 2 rings (SSSR count). The Morgan fingerprint density at radius 1 is 1.21 bits per heavy atom. The predicted octanol–water partition coefficient (Wildman–Crippen LogP) is 4.01. The highest BCUT2D eigenvalue weighted by Crippen LogP contribution is 2.43. The van der Waals surface area contributed by atoms with Crippen LogP contribution in [0.1, 0.15) is 56.6 Å². The minimum absolute atomic E-state index is 0.274. The van der Waals surface area contributed by atoms with Crippen LogP contribution in [0.5, 0.6) is 0 Å². The molecule has 1 aliphatic carbocycles. The molecule has 1 fully saturated rings.